The van der Waals surface area contributed by atoms with E-state index >= 15 is 0 Å². The standard InChI is InChI=1S/C15H11F3O2/c1-10-4-2-7-13(8-10)20-14(19)11-5-3-6-12(9-11)15(16,17)18/h2-9H,1H3. The number of halogens is 3. The molecule has 0 fully saturated rings. The molecule has 0 radical (unpaired) electrons. The zero-order chi connectivity index (χ0) is 14.8. The van der Waals surface area contributed by atoms with E-state index in [1.807, 2.05) is 13.0 Å². The molecule has 0 aromatic heterocycles. The van der Waals surface area contributed by atoms with E-state index in [0.717, 1.165) is 17.7 Å². The molecule has 0 saturated carbocycles. The van der Waals surface area contributed by atoms with Gasteiger partial charge in [-0.1, -0.05) is 18.2 Å². The van der Waals surface area contributed by atoms with Crippen molar-refractivity contribution in [3.05, 3.63) is 65.2 Å². The summed E-state index contributed by atoms with van der Waals surface area (Å²) in [4.78, 5) is 11.8. The van der Waals surface area contributed by atoms with Gasteiger partial charge in [0.25, 0.3) is 0 Å². The predicted molar refractivity (Wildman–Crippen MR) is 67.6 cm³/mol. The number of carbonyl (C=O) groups excluding carboxylic acids is 1. The summed E-state index contributed by atoms with van der Waals surface area (Å²) in [6, 6.07) is 10.9. The second-order valence-electron chi connectivity index (χ2n) is 4.28. The highest BCUT2D eigenvalue weighted by atomic mass is 19.4. The normalized spacial score (nSPS) is 11.2. The molecule has 0 spiro atoms. The highest BCUT2D eigenvalue weighted by Gasteiger charge is 2.31. The largest absolute Gasteiger partial charge is 0.423 e. The Labute approximate surface area is 113 Å². The van der Waals surface area contributed by atoms with Crippen LogP contribution in [0.1, 0.15) is 21.5 Å². The van der Waals surface area contributed by atoms with Gasteiger partial charge in [0.2, 0.25) is 0 Å². The fraction of sp³-hybridized carbons (Fsp3) is 0.133. The first kappa shape index (κ1) is 14.1. The van der Waals surface area contributed by atoms with Crippen LogP contribution in [0.15, 0.2) is 48.5 Å². The molecule has 0 heterocycles. The average Bonchev–Trinajstić information content (AvgIpc) is 2.38. The minimum Gasteiger partial charge on any atom is -0.423 e. The lowest BCUT2D eigenvalue weighted by Gasteiger charge is -2.09. The van der Waals surface area contributed by atoms with E-state index < -0.39 is 17.7 Å². The van der Waals surface area contributed by atoms with Crippen LogP contribution in [-0.4, -0.2) is 5.97 Å². The second kappa shape index (κ2) is 5.36. The summed E-state index contributed by atoms with van der Waals surface area (Å²) in [6.45, 7) is 1.82. The number of aryl methyl sites for hydroxylation is 1. The molecule has 2 nitrogen and oxygen atoms in total. The van der Waals surface area contributed by atoms with Gasteiger partial charge in [-0.3, -0.25) is 0 Å². The molecule has 2 aromatic rings. The Hall–Kier alpha value is -2.30. The summed E-state index contributed by atoms with van der Waals surface area (Å²) in [5.41, 5.74) is -0.128. The Morgan fingerprint density at radius 2 is 1.75 bits per heavy atom. The van der Waals surface area contributed by atoms with Crippen LogP contribution in [0.5, 0.6) is 5.75 Å². The monoisotopic (exact) mass is 280 g/mol. The molecule has 0 N–H and O–H groups in total. The van der Waals surface area contributed by atoms with Gasteiger partial charge >= 0.3 is 12.1 Å². The number of alkyl halides is 3. The van der Waals surface area contributed by atoms with Crippen molar-refractivity contribution in [2.24, 2.45) is 0 Å². The van der Waals surface area contributed by atoms with E-state index in [-0.39, 0.29) is 5.56 Å². The SMILES string of the molecule is Cc1cccc(OC(=O)c2cccc(C(F)(F)F)c2)c1. The van der Waals surface area contributed by atoms with Crippen molar-refractivity contribution in [3.8, 4) is 5.75 Å². The molecular weight excluding hydrogens is 269 g/mol. The maximum Gasteiger partial charge on any atom is 0.416 e. The number of benzene rings is 2. The maximum absolute atomic E-state index is 12.6. The van der Waals surface area contributed by atoms with Crippen molar-refractivity contribution < 1.29 is 22.7 Å². The molecule has 0 aliphatic carbocycles. The number of ether oxygens (including phenoxy) is 1. The third-order valence-corrected chi connectivity index (χ3v) is 2.63. The van der Waals surface area contributed by atoms with Crippen molar-refractivity contribution >= 4 is 5.97 Å². The summed E-state index contributed by atoms with van der Waals surface area (Å²) in [6.07, 6.45) is -4.49. The van der Waals surface area contributed by atoms with Crippen LogP contribution >= 0.6 is 0 Å². The van der Waals surface area contributed by atoms with E-state index in [4.69, 9.17) is 4.74 Å². The van der Waals surface area contributed by atoms with E-state index in [1.54, 1.807) is 18.2 Å². The Morgan fingerprint density at radius 3 is 2.40 bits per heavy atom. The Balaban J connectivity index is 2.22. The minimum absolute atomic E-state index is 0.138. The van der Waals surface area contributed by atoms with Crippen LogP contribution in [-0.2, 0) is 6.18 Å². The van der Waals surface area contributed by atoms with Crippen molar-refractivity contribution in [2.45, 2.75) is 13.1 Å². The number of hydrogen-bond acceptors (Lipinski definition) is 2. The lowest BCUT2D eigenvalue weighted by Crippen LogP contribution is -2.11. The van der Waals surface area contributed by atoms with Crippen molar-refractivity contribution in [3.63, 3.8) is 0 Å². The summed E-state index contributed by atoms with van der Waals surface area (Å²) in [5, 5.41) is 0. The van der Waals surface area contributed by atoms with Crippen molar-refractivity contribution in [1.82, 2.24) is 0 Å². The highest BCUT2D eigenvalue weighted by Crippen LogP contribution is 2.29. The first-order chi connectivity index (χ1) is 9.36. The second-order valence-corrected chi connectivity index (χ2v) is 4.28. The Bertz CT molecular complexity index is 633. The number of hydrogen-bond donors (Lipinski definition) is 0. The summed E-state index contributed by atoms with van der Waals surface area (Å²) < 4.78 is 42.7. The van der Waals surface area contributed by atoms with Crippen LogP contribution in [0.2, 0.25) is 0 Å². The lowest BCUT2D eigenvalue weighted by molar-refractivity contribution is -0.137. The molecule has 0 amide bonds. The first-order valence-corrected chi connectivity index (χ1v) is 5.82. The first-order valence-electron chi connectivity index (χ1n) is 5.82. The van der Waals surface area contributed by atoms with Gasteiger partial charge in [0.1, 0.15) is 5.75 Å². The van der Waals surface area contributed by atoms with Crippen LogP contribution in [0.25, 0.3) is 0 Å². The molecule has 0 bridgehead atoms. The molecule has 0 aliphatic rings. The molecule has 20 heavy (non-hydrogen) atoms. The molecule has 0 unspecified atom stereocenters. The average molecular weight is 280 g/mol. The van der Waals surface area contributed by atoms with Gasteiger partial charge in [-0.15, -0.1) is 0 Å². The van der Waals surface area contributed by atoms with Gasteiger partial charge in [0, 0.05) is 0 Å². The van der Waals surface area contributed by atoms with Crippen LogP contribution in [0.3, 0.4) is 0 Å². The summed E-state index contributed by atoms with van der Waals surface area (Å²) in [7, 11) is 0. The highest BCUT2D eigenvalue weighted by molar-refractivity contribution is 5.91. The topological polar surface area (TPSA) is 26.3 Å². The smallest absolute Gasteiger partial charge is 0.416 e. The molecule has 0 saturated heterocycles. The minimum atomic E-state index is -4.49. The summed E-state index contributed by atoms with van der Waals surface area (Å²) in [5.74, 6) is -0.519. The number of carbonyl (C=O) groups is 1. The van der Waals surface area contributed by atoms with E-state index in [9.17, 15) is 18.0 Å². The zero-order valence-electron chi connectivity index (χ0n) is 10.6. The fourth-order valence-electron chi connectivity index (χ4n) is 1.67. The Kier molecular flexibility index (Phi) is 3.79. The van der Waals surface area contributed by atoms with E-state index in [0.29, 0.717) is 5.75 Å². The van der Waals surface area contributed by atoms with Gasteiger partial charge in [0.05, 0.1) is 11.1 Å². The van der Waals surface area contributed by atoms with Gasteiger partial charge in [-0.05, 0) is 42.8 Å². The zero-order valence-corrected chi connectivity index (χ0v) is 10.6. The number of esters is 1. The van der Waals surface area contributed by atoms with Gasteiger partial charge in [0.15, 0.2) is 0 Å². The fourth-order valence-corrected chi connectivity index (χ4v) is 1.67. The maximum atomic E-state index is 12.6. The molecule has 2 rings (SSSR count). The van der Waals surface area contributed by atoms with E-state index in [1.165, 1.54) is 12.1 Å². The molecular formula is C15H11F3O2. The Morgan fingerprint density at radius 1 is 1.05 bits per heavy atom. The molecule has 2 aromatic carbocycles. The van der Waals surface area contributed by atoms with Crippen LogP contribution < -0.4 is 4.74 Å². The number of rotatable bonds is 2. The molecule has 0 atom stereocenters. The summed E-state index contributed by atoms with van der Waals surface area (Å²) >= 11 is 0. The third kappa shape index (κ3) is 3.38. The van der Waals surface area contributed by atoms with Crippen LogP contribution in [0.4, 0.5) is 13.2 Å². The lowest BCUT2D eigenvalue weighted by atomic mass is 10.1. The van der Waals surface area contributed by atoms with Gasteiger partial charge in [-0.2, -0.15) is 13.2 Å². The van der Waals surface area contributed by atoms with Crippen molar-refractivity contribution in [1.29, 1.82) is 0 Å². The third-order valence-electron chi connectivity index (χ3n) is 2.63. The van der Waals surface area contributed by atoms with Gasteiger partial charge in [-0.25, -0.2) is 4.79 Å². The van der Waals surface area contributed by atoms with Gasteiger partial charge < -0.3 is 4.74 Å². The van der Waals surface area contributed by atoms with E-state index in [2.05, 4.69) is 0 Å². The molecule has 0 aliphatic heterocycles. The molecule has 5 heteroatoms. The van der Waals surface area contributed by atoms with Crippen LogP contribution in [0, 0.1) is 6.92 Å². The van der Waals surface area contributed by atoms with Crippen molar-refractivity contribution in [2.75, 3.05) is 0 Å². The predicted octanol–water partition coefficient (Wildman–Crippen LogP) is 4.23. The molecule has 104 valence electrons. The quantitative estimate of drug-likeness (QED) is 0.607.